The van der Waals surface area contributed by atoms with Crippen LogP contribution in [0.3, 0.4) is 0 Å². The Morgan fingerprint density at radius 3 is 2.12 bits per heavy atom. The summed E-state index contributed by atoms with van der Waals surface area (Å²) < 4.78 is 13.4. The van der Waals surface area contributed by atoms with E-state index in [0.717, 1.165) is 6.04 Å². The number of likely N-dealkylation sites (tertiary alicyclic amines) is 3. The quantitative estimate of drug-likeness (QED) is 0.727. The highest BCUT2D eigenvalue weighted by Crippen LogP contribution is 2.34. The lowest BCUT2D eigenvalue weighted by Gasteiger charge is -2.53. The van der Waals surface area contributed by atoms with Crippen molar-refractivity contribution in [2.45, 2.75) is 43.6 Å². The molecule has 4 rings (SSSR count). The molecule has 0 radical (unpaired) electrons. The van der Waals surface area contributed by atoms with Crippen molar-refractivity contribution in [1.29, 1.82) is 0 Å². The number of nitrogens with zero attached hydrogens (tertiary/aromatic N) is 5. The van der Waals surface area contributed by atoms with Gasteiger partial charge in [0.05, 0.1) is 0 Å². The maximum absolute atomic E-state index is 13.4. The van der Waals surface area contributed by atoms with E-state index in [1.807, 2.05) is 0 Å². The first-order valence-electron chi connectivity index (χ1n) is 10.7. The summed E-state index contributed by atoms with van der Waals surface area (Å²) in [5.41, 5.74) is 0. The molecule has 4 heterocycles. The highest BCUT2D eigenvalue weighted by molar-refractivity contribution is 4.99. The zero-order chi connectivity index (χ0) is 18.3. The smallest absolute Gasteiger partial charge is 0.125 e. The molecule has 0 spiro atoms. The molecular formula is C20H38FN5. The van der Waals surface area contributed by atoms with Crippen molar-refractivity contribution in [2.24, 2.45) is 5.92 Å². The van der Waals surface area contributed by atoms with Crippen LogP contribution in [0.5, 0.6) is 0 Å². The lowest BCUT2D eigenvalue weighted by molar-refractivity contribution is -0.0467. The minimum atomic E-state index is -0.577. The first kappa shape index (κ1) is 19.1. The molecule has 0 aliphatic carbocycles. The molecule has 0 amide bonds. The highest BCUT2D eigenvalue weighted by atomic mass is 19.1. The number of piperazine rings is 1. The Morgan fingerprint density at radius 1 is 0.692 bits per heavy atom. The molecular weight excluding hydrogens is 329 g/mol. The number of likely N-dealkylation sites (N-methyl/N-ethyl adjacent to an activating group) is 1. The van der Waals surface area contributed by atoms with E-state index >= 15 is 0 Å². The van der Waals surface area contributed by atoms with E-state index in [-0.39, 0.29) is 0 Å². The average Bonchev–Trinajstić information content (AvgIpc) is 2.61. The third kappa shape index (κ3) is 3.95. The second-order valence-electron chi connectivity index (χ2n) is 9.40. The van der Waals surface area contributed by atoms with Gasteiger partial charge >= 0.3 is 0 Å². The van der Waals surface area contributed by atoms with Crippen molar-refractivity contribution < 1.29 is 4.39 Å². The van der Waals surface area contributed by atoms with Gasteiger partial charge in [0.15, 0.2) is 0 Å². The summed E-state index contributed by atoms with van der Waals surface area (Å²) >= 11 is 0. The molecule has 6 heteroatoms. The van der Waals surface area contributed by atoms with E-state index < -0.39 is 6.17 Å². The second-order valence-corrected chi connectivity index (χ2v) is 9.40. The molecule has 4 fully saturated rings. The zero-order valence-corrected chi connectivity index (χ0v) is 17.0. The summed E-state index contributed by atoms with van der Waals surface area (Å²) in [4.78, 5) is 12.8. The van der Waals surface area contributed by atoms with Crippen LogP contribution in [-0.4, -0.2) is 129 Å². The molecule has 0 aromatic carbocycles. The number of hydrogen-bond donors (Lipinski definition) is 0. The summed E-state index contributed by atoms with van der Waals surface area (Å²) in [6.07, 6.45) is 3.16. The van der Waals surface area contributed by atoms with Gasteiger partial charge in [-0.1, -0.05) is 0 Å². The molecule has 150 valence electrons. The summed E-state index contributed by atoms with van der Waals surface area (Å²) in [5.74, 6) is 0.715. The van der Waals surface area contributed by atoms with Crippen LogP contribution in [0.1, 0.15) is 19.3 Å². The van der Waals surface area contributed by atoms with Crippen LogP contribution >= 0.6 is 0 Å². The Hall–Kier alpha value is -0.270. The third-order valence-electron chi connectivity index (χ3n) is 7.60. The van der Waals surface area contributed by atoms with Gasteiger partial charge in [0.25, 0.3) is 0 Å². The Balaban J connectivity index is 1.45. The standard InChI is InChI=1S/C20H38FN5/c1-22-8-10-25(11-9-22)19-5-6-23(2)15-18(19)20-12-17(4-7-24(20)3)26-13-16(21)14-26/h16-20H,4-15H2,1-3H3. The Labute approximate surface area is 159 Å². The van der Waals surface area contributed by atoms with Gasteiger partial charge < -0.3 is 14.7 Å². The Bertz CT molecular complexity index is 463. The summed E-state index contributed by atoms with van der Waals surface area (Å²) in [7, 11) is 6.86. The lowest BCUT2D eigenvalue weighted by Crippen LogP contribution is -2.63. The predicted molar refractivity (Wildman–Crippen MR) is 104 cm³/mol. The van der Waals surface area contributed by atoms with E-state index in [2.05, 4.69) is 45.6 Å². The fraction of sp³-hybridized carbons (Fsp3) is 1.00. The highest BCUT2D eigenvalue weighted by Gasteiger charge is 2.43. The van der Waals surface area contributed by atoms with Crippen LogP contribution in [-0.2, 0) is 0 Å². The van der Waals surface area contributed by atoms with E-state index in [1.165, 1.54) is 65.1 Å². The van der Waals surface area contributed by atoms with Crippen LogP contribution in [0, 0.1) is 5.92 Å². The van der Waals surface area contributed by atoms with Crippen LogP contribution in [0.25, 0.3) is 0 Å². The molecule has 0 saturated carbocycles. The molecule has 4 saturated heterocycles. The SMILES string of the molecule is CN1CCN(C2CCN(C)CC2C2CC(N3CC(F)C3)CCN2C)CC1. The first-order valence-corrected chi connectivity index (χ1v) is 10.7. The Morgan fingerprint density at radius 2 is 1.42 bits per heavy atom. The van der Waals surface area contributed by atoms with Crippen molar-refractivity contribution in [3.63, 3.8) is 0 Å². The molecule has 4 aliphatic rings. The Kier molecular flexibility index (Phi) is 5.86. The third-order valence-corrected chi connectivity index (χ3v) is 7.60. The van der Waals surface area contributed by atoms with Gasteiger partial charge in [-0.2, -0.15) is 0 Å². The van der Waals surface area contributed by atoms with Gasteiger partial charge in [0, 0.05) is 69.9 Å². The van der Waals surface area contributed by atoms with Crippen LogP contribution in [0.4, 0.5) is 4.39 Å². The maximum Gasteiger partial charge on any atom is 0.125 e. The molecule has 5 nitrogen and oxygen atoms in total. The summed E-state index contributed by atoms with van der Waals surface area (Å²) in [6, 6.07) is 1.96. The van der Waals surface area contributed by atoms with E-state index in [1.54, 1.807) is 0 Å². The van der Waals surface area contributed by atoms with Gasteiger partial charge in [-0.15, -0.1) is 0 Å². The number of hydrogen-bond acceptors (Lipinski definition) is 5. The zero-order valence-electron chi connectivity index (χ0n) is 17.0. The van der Waals surface area contributed by atoms with Crippen molar-refractivity contribution in [3.05, 3.63) is 0 Å². The number of alkyl halides is 1. The van der Waals surface area contributed by atoms with Gasteiger partial charge in [-0.3, -0.25) is 9.80 Å². The first-order chi connectivity index (χ1) is 12.5. The lowest BCUT2D eigenvalue weighted by atomic mass is 9.78. The van der Waals surface area contributed by atoms with Crippen LogP contribution in [0.15, 0.2) is 0 Å². The predicted octanol–water partition coefficient (Wildman–Crippen LogP) is 0.671. The normalized spacial score (nSPS) is 40.6. The molecule has 4 atom stereocenters. The monoisotopic (exact) mass is 367 g/mol. The van der Waals surface area contributed by atoms with Crippen molar-refractivity contribution in [2.75, 3.05) is 80.0 Å². The van der Waals surface area contributed by atoms with Crippen LogP contribution < -0.4 is 0 Å². The summed E-state index contributed by atoms with van der Waals surface area (Å²) in [5, 5.41) is 0. The largest absolute Gasteiger partial charge is 0.306 e. The fourth-order valence-electron chi connectivity index (χ4n) is 5.81. The molecule has 0 bridgehead atoms. The average molecular weight is 368 g/mol. The molecule has 4 unspecified atom stereocenters. The van der Waals surface area contributed by atoms with Crippen molar-refractivity contribution >= 4 is 0 Å². The molecule has 0 N–H and O–H groups in total. The van der Waals surface area contributed by atoms with Crippen LogP contribution in [0.2, 0.25) is 0 Å². The van der Waals surface area contributed by atoms with Crippen molar-refractivity contribution in [3.8, 4) is 0 Å². The van der Waals surface area contributed by atoms with E-state index in [9.17, 15) is 4.39 Å². The van der Waals surface area contributed by atoms with Gasteiger partial charge in [0.1, 0.15) is 6.17 Å². The second kappa shape index (κ2) is 8.00. The fourth-order valence-corrected chi connectivity index (χ4v) is 5.81. The number of piperidine rings is 2. The van der Waals surface area contributed by atoms with E-state index in [4.69, 9.17) is 0 Å². The molecule has 0 aromatic heterocycles. The minimum absolute atomic E-state index is 0.577. The molecule has 26 heavy (non-hydrogen) atoms. The maximum atomic E-state index is 13.4. The number of halogens is 1. The molecule has 4 aliphatic heterocycles. The molecule has 0 aromatic rings. The summed E-state index contributed by atoms with van der Waals surface area (Å²) in [6.45, 7) is 9.79. The number of rotatable bonds is 3. The van der Waals surface area contributed by atoms with Gasteiger partial charge in [-0.05, 0) is 53.5 Å². The minimum Gasteiger partial charge on any atom is -0.306 e. The van der Waals surface area contributed by atoms with Crippen molar-refractivity contribution in [1.82, 2.24) is 24.5 Å². The van der Waals surface area contributed by atoms with E-state index in [0.29, 0.717) is 31.1 Å². The topological polar surface area (TPSA) is 16.2 Å². The van der Waals surface area contributed by atoms with Gasteiger partial charge in [-0.25, -0.2) is 4.39 Å². The van der Waals surface area contributed by atoms with Gasteiger partial charge in [0.2, 0.25) is 0 Å².